The Morgan fingerprint density at radius 2 is 2.00 bits per heavy atom. The molecule has 102 valence electrons. The van der Waals surface area contributed by atoms with E-state index in [4.69, 9.17) is 5.73 Å². The molecule has 3 N–H and O–H groups in total. The molecule has 0 heterocycles. The summed E-state index contributed by atoms with van der Waals surface area (Å²) in [5.74, 6) is -3.89. The standard InChI is InChI=1S/C10H13F3N2O2S/c1-7-4-8(2-3-9(7)11)18(16,17)15-6-10(12,13)5-14/h2-4,15H,5-6,14H2,1H3. The molecule has 0 atom stereocenters. The summed E-state index contributed by atoms with van der Waals surface area (Å²) >= 11 is 0. The maximum atomic E-state index is 13.0. The Kier molecular flexibility index (Phi) is 4.36. The number of hydrogen-bond acceptors (Lipinski definition) is 3. The number of benzene rings is 1. The Bertz CT molecular complexity index is 532. The van der Waals surface area contributed by atoms with Gasteiger partial charge in [0.2, 0.25) is 10.0 Å². The average Bonchev–Trinajstić information content (AvgIpc) is 2.30. The van der Waals surface area contributed by atoms with Crippen molar-refractivity contribution in [1.82, 2.24) is 4.72 Å². The number of rotatable bonds is 5. The van der Waals surface area contributed by atoms with E-state index in [2.05, 4.69) is 0 Å². The first-order valence-electron chi connectivity index (χ1n) is 5.02. The highest BCUT2D eigenvalue weighted by Crippen LogP contribution is 2.16. The minimum atomic E-state index is -4.10. The summed E-state index contributed by atoms with van der Waals surface area (Å²) in [6, 6.07) is 3.04. The Morgan fingerprint density at radius 3 is 2.50 bits per heavy atom. The summed E-state index contributed by atoms with van der Waals surface area (Å²) in [5.41, 5.74) is 4.90. The van der Waals surface area contributed by atoms with Gasteiger partial charge in [0.1, 0.15) is 5.82 Å². The van der Waals surface area contributed by atoms with Crippen molar-refractivity contribution in [1.29, 1.82) is 0 Å². The third-order valence-electron chi connectivity index (χ3n) is 2.26. The minimum Gasteiger partial charge on any atom is -0.325 e. The van der Waals surface area contributed by atoms with Gasteiger partial charge in [0.25, 0.3) is 5.92 Å². The van der Waals surface area contributed by atoms with E-state index in [-0.39, 0.29) is 10.5 Å². The van der Waals surface area contributed by atoms with Crippen molar-refractivity contribution in [3.8, 4) is 0 Å². The second kappa shape index (κ2) is 5.25. The maximum Gasteiger partial charge on any atom is 0.273 e. The normalized spacial score (nSPS) is 12.7. The van der Waals surface area contributed by atoms with Crippen LogP contribution in [0.2, 0.25) is 0 Å². The smallest absolute Gasteiger partial charge is 0.273 e. The predicted octanol–water partition coefficient (Wildman–Crippen LogP) is 1.01. The molecule has 0 aliphatic rings. The van der Waals surface area contributed by atoms with Gasteiger partial charge in [0, 0.05) is 0 Å². The summed E-state index contributed by atoms with van der Waals surface area (Å²) < 4.78 is 63.7. The number of alkyl halides is 2. The van der Waals surface area contributed by atoms with Gasteiger partial charge in [-0.05, 0) is 30.7 Å². The molecule has 0 spiro atoms. The minimum absolute atomic E-state index is 0.114. The Balaban J connectivity index is 2.90. The van der Waals surface area contributed by atoms with Gasteiger partial charge in [0.15, 0.2) is 0 Å². The molecule has 0 aliphatic carbocycles. The van der Waals surface area contributed by atoms with Gasteiger partial charge in [-0.3, -0.25) is 0 Å². The van der Waals surface area contributed by atoms with E-state index in [9.17, 15) is 21.6 Å². The fraction of sp³-hybridized carbons (Fsp3) is 0.400. The summed E-state index contributed by atoms with van der Waals surface area (Å²) in [4.78, 5) is -0.269. The largest absolute Gasteiger partial charge is 0.325 e. The lowest BCUT2D eigenvalue weighted by atomic mass is 10.2. The molecular weight excluding hydrogens is 269 g/mol. The van der Waals surface area contributed by atoms with Crippen LogP contribution in [0.25, 0.3) is 0 Å². The van der Waals surface area contributed by atoms with Crippen LogP contribution in [0.15, 0.2) is 23.1 Å². The van der Waals surface area contributed by atoms with Crippen molar-refractivity contribution in [3.05, 3.63) is 29.6 Å². The van der Waals surface area contributed by atoms with Crippen molar-refractivity contribution >= 4 is 10.0 Å². The van der Waals surface area contributed by atoms with Crippen LogP contribution >= 0.6 is 0 Å². The Hall–Kier alpha value is -1.12. The highest BCUT2D eigenvalue weighted by atomic mass is 32.2. The third kappa shape index (κ3) is 3.69. The van der Waals surface area contributed by atoms with Gasteiger partial charge in [-0.15, -0.1) is 0 Å². The van der Waals surface area contributed by atoms with Crippen LogP contribution in [0.4, 0.5) is 13.2 Å². The molecule has 4 nitrogen and oxygen atoms in total. The molecule has 8 heteroatoms. The zero-order valence-electron chi connectivity index (χ0n) is 9.58. The second-order valence-electron chi connectivity index (χ2n) is 3.80. The molecule has 0 saturated heterocycles. The molecular formula is C10H13F3N2O2S. The first kappa shape index (κ1) is 14.9. The summed E-state index contributed by atoms with van der Waals surface area (Å²) in [6.07, 6.45) is 0. The molecule has 0 saturated carbocycles. The van der Waals surface area contributed by atoms with E-state index in [1.807, 2.05) is 0 Å². The fourth-order valence-corrected chi connectivity index (χ4v) is 2.29. The summed E-state index contributed by atoms with van der Waals surface area (Å²) in [5, 5.41) is 0. The van der Waals surface area contributed by atoms with E-state index >= 15 is 0 Å². The molecule has 0 fully saturated rings. The van der Waals surface area contributed by atoms with Gasteiger partial charge in [-0.25, -0.2) is 26.3 Å². The van der Waals surface area contributed by atoms with Crippen LogP contribution < -0.4 is 10.5 Å². The lowest BCUT2D eigenvalue weighted by Gasteiger charge is -2.15. The predicted molar refractivity (Wildman–Crippen MR) is 60.3 cm³/mol. The van der Waals surface area contributed by atoms with Crippen molar-refractivity contribution < 1.29 is 21.6 Å². The first-order chi connectivity index (χ1) is 8.18. The highest BCUT2D eigenvalue weighted by molar-refractivity contribution is 7.89. The zero-order chi connectivity index (χ0) is 14.0. The number of halogens is 3. The molecule has 0 radical (unpaired) electrons. The molecule has 0 bridgehead atoms. The zero-order valence-corrected chi connectivity index (χ0v) is 10.4. The maximum absolute atomic E-state index is 13.0. The number of hydrogen-bond donors (Lipinski definition) is 2. The summed E-state index contributed by atoms with van der Waals surface area (Å²) in [7, 11) is -4.10. The number of aryl methyl sites for hydroxylation is 1. The van der Waals surface area contributed by atoms with Gasteiger partial charge in [0.05, 0.1) is 18.0 Å². The molecule has 1 aromatic rings. The highest BCUT2D eigenvalue weighted by Gasteiger charge is 2.29. The van der Waals surface area contributed by atoms with E-state index in [1.165, 1.54) is 6.92 Å². The summed E-state index contributed by atoms with van der Waals surface area (Å²) in [6.45, 7) is -0.678. The topological polar surface area (TPSA) is 72.2 Å². The average molecular weight is 282 g/mol. The van der Waals surface area contributed by atoms with E-state index in [1.54, 1.807) is 4.72 Å². The fourth-order valence-electron chi connectivity index (χ4n) is 1.14. The lowest BCUT2D eigenvalue weighted by Crippen LogP contribution is -2.41. The SMILES string of the molecule is Cc1cc(S(=O)(=O)NCC(F)(F)CN)ccc1F. The van der Waals surface area contributed by atoms with Gasteiger partial charge >= 0.3 is 0 Å². The van der Waals surface area contributed by atoms with Gasteiger partial charge < -0.3 is 5.73 Å². The number of nitrogens with two attached hydrogens (primary N) is 1. The first-order valence-corrected chi connectivity index (χ1v) is 6.50. The molecule has 0 amide bonds. The Labute approximate surface area is 103 Å². The molecule has 1 rings (SSSR count). The van der Waals surface area contributed by atoms with Gasteiger partial charge in [-0.1, -0.05) is 0 Å². The molecule has 0 aliphatic heterocycles. The molecule has 0 unspecified atom stereocenters. The lowest BCUT2D eigenvalue weighted by molar-refractivity contribution is 0.0170. The number of sulfonamides is 1. The van der Waals surface area contributed by atoms with Crippen LogP contribution in [0.5, 0.6) is 0 Å². The van der Waals surface area contributed by atoms with Crippen molar-refractivity contribution in [2.75, 3.05) is 13.1 Å². The molecule has 1 aromatic carbocycles. The van der Waals surface area contributed by atoms with Crippen LogP contribution in [-0.2, 0) is 10.0 Å². The molecule has 18 heavy (non-hydrogen) atoms. The van der Waals surface area contributed by atoms with E-state index in [0.717, 1.165) is 18.2 Å². The van der Waals surface area contributed by atoms with Crippen molar-refractivity contribution in [2.24, 2.45) is 5.73 Å². The quantitative estimate of drug-likeness (QED) is 0.846. The van der Waals surface area contributed by atoms with Crippen LogP contribution in [0, 0.1) is 12.7 Å². The molecule has 0 aromatic heterocycles. The van der Waals surface area contributed by atoms with E-state index in [0.29, 0.717) is 0 Å². The monoisotopic (exact) mass is 282 g/mol. The second-order valence-corrected chi connectivity index (χ2v) is 5.56. The van der Waals surface area contributed by atoms with Crippen molar-refractivity contribution in [3.63, 3.8) is 0 Å². The van der Waals surface area contributed by atoms with Crippen LogP contribution in [-0.4, -0.2) is 27.4 Å². The van der Waals surface area contributed by atoms with Crippen molar-refractivity contribution in [2.45, 2.75) is 17.7 Å². The van der Waals surface area contributed by atoms with Gasteiger partial charge in [-0.2, -0.15) is 0 Å². The van der Waals surface area contributed by atoms with Crippen LogP contribution in [0.3, 0.4) is 0 Å². The third-order valence-corrected chi connectivity index (χ3v) is 3.66. The Morgan fingerprint density at radius 1 is 1.39 bits per heavy atom. The van der Waals surface area contributed by atoms with E-state index < -0.39 is 34.9 Å². The van der Waals surface area contributed by atoms with Crippen LogP contribution in [0.1, 0.15) is 5.56 Å². The number of nitrogens with one attached hydrogen (secondary N) is 1.